The zero-order valence-corrected chi connectivity index (χ0v) is 9.91. The first-order valence-electron chi connectivity index (χ1n) is 5.05. The van der Waals surface area contributed by atoms with Crippen LogP contribution in [0.2, 0.25) is 0 Å². The molecule has 1 aromatic rings. The van der Waals surface area contributed by atoms with Crippen LogP contribution in [0.1, 0.15) is 18.6 Å². The molecule has 0 amide bonds. The van der Waals surface area contributed by atoms with Crippen molar-refractivity contribution in [2.75, 3.05) is 12.4 Å². The second-order valence-electron chi connectivity index (χ2n) is 3.54. The molecule has 0 radical (unpaired) electrons. The minimum Gasteiger partial charge on any atom is -0.493 e. The number of rotatable bonds is 6. The smallest absolute Gasteiger partial charge is 0.119 e. The number of halogens is 1. The minimum atomic E-state index is -0.709. The molecule has 3 N–H and O–H groups in total. The SMILES string of the molecule is CC(N)C(O)c1cccc(OCCSF)c1. The van der Waals surface area contributed by atoms with Gasteiger partial charge in [0.1, 0.15) is 5.75 Å². The van der Waals surface area contributed by atoms with E-state index in [-0.39, 0.29) is 18.2 Å². The molecule has 90 valence electrons. The molecule has 0 heterocycles. The molecule has 0 aliphatic carbocycles. The summed E-state index contributed by atoms with van der Waals surface area (Å²) in [6, 6.07) is 6.71. The van der Waals surface area contributed by atoms with E-state index in [0.717, 1.165) is 0 Å². The van der Waals surface area contributed by atoms with E-state index in [4.69, 9.17) is 10.5 Å². The Kier molecular flexibility index (Phi) is 5.59. The summed E-state index contributed by atoms with van der Waals surface area (Å²) in [5.41, 5.74) is 6.30. The lowest BCUT2D eigenvalue weighted by molar-refractivity contribution is 0.153. The van der Waals surface area contributed by atoms with Crippen LogP contribution >= 0.6 is 12.1 Å². The zero-order valence-electron chi connectivity index (χ0n) is 9.10. The lowest BCUT2D eigenvalue weighted by Gasteiger charge is -2.15. The van der Waals surface area contributed by atoms with Crippen LogP contribution in [0.15, 0.2) is 24.3 Å². The van der Waals surface area contributed by atoms with Crippen LogP contribution in [-0.2, 0) is 0 Å². The predicted molar refractivity (Wildman–Crippen MR) is 64.1 cm³/mol. The first-order valence-corrected chi connectivity index (χ1v) is 5.93. The molecule has 0 aromatic heterocycles. The molecule has 0 aliphatic rings. The maximum absolute atomic E-state index is 11.8. The molecule has 2 unspecified atom stereocenters. The Morgan fingerprint density at radius 3 is 2.94 bits per heavy atom. The van der Waals surface area contributed by atoms with E-state index in [1.165, 1.54) is 0 Å². The van der Waals surface area contributed by atoms with Crippen LogP contribution in [0.3, 0.4) is 0 Å². The minimum absolute atomic E-state index is 0.242. The predicted octanol–water partition coefficient (Wildman–Crippen LogP) is 2.06. The zero-order chi connectivity index (χ0) is 12.0. The average Bonchev–Trinajstić information content (AvgIpc) is 2.29. The maximum atomic E-state index is 11.8. The lowest BCUT2D eigenvalue weighted by Crippen LogP contribution is -2.24. The molecule has 1 rings (SSSR count). The molecule has 0 aliphatic heterocycles. The Balaban J connectivity index is 2.63. The quantitative estimate of drug-likeness (QED) is 0.753. The first-order chi connectivity index (χ1) is 7.65. The molecular weight excluding hydrogens is 229 g/mol. The van der Waals surface area contributed by atoms with Gasteiger partial charge >= 0.3 is 0 Å². The fourth-order valence-electron chi connectivity index (χ4n) is 1.28. The highest BCUT2D eigenvalue weighted by Gasteiger charge is 2.12. The van der Waals surface area contributed by atoms with Gasteiger partial charge in [-0.15, -0.1) is 0 Å². The van der Waals surface area contributed by atoms with Gasteiger partial charge in [0.15, 0.2) is 0 Å². The van der Waals surface area contributed by atoms with Crippen LogP contribution in [-0.4, -0.2) is 23.5 Å². The number of hydrogen-bond donors (Lipinski definition) is 2. The fraction of sp³-hybridized carbons (Fsp3) is 0.455. The second kappa shape index (κ2) is 6.73. The van der Waals surface area contributed by atoms with Gasteiger partial charge in [0, 0.05) is 18.2 Å². The summed E-state index contributed by atoms with van der Waals surface area (Å²) >= 11 is 0.242. The summed E-state index contributed by atoms with van der Waals surface area (Å²) in [5, 5.41) is 9.75. The highest BCUT2D eigenvalue weighted by molar-refractivity contribution is 7.94. The highest BCUT2D eigenvalue weighted by atomic mass is 32.2. The number of hydrogen-bond acceptors (Lipinski definition) is 4. The summed E-state index contributed by atoms with van der Waals surface area (Å²) in [7, 11) is 0. The Hall–Kier alpha value is -0.780. The van der Waals surface area contributed by atoms with Gasteiger partial charge in [-0.1, -0.05) is 12.1 Å². The van der Waals surface area contributed by atoms with E-state index >= 15 is 0 Å². The van der Waals surface area contributed by atoms with Crippen molar-refractivity contribution in [3.63, 3.8) is 0 Å². The summed E-state index contributed by atoms with van der Waals surface area (Å²) in [6.45, 7) is 2.04. The average molecular weight is 245 g/mol. The third kappa shape index (κ3) is 4.00. The van der Waals surface area contributed by atoms with E-state index in [0.29, 0.717) is 23.7 Å². The number of benzene rings is 1. The lowest BCUT2D eigenvalue weighted by atomic mass is 10.0. The van der Waals surface area contributed by atoms with Gasteiger partial charge in [0.2, 0.25) is 0 Å². The van der Waals surface area contributed by atoms with E-state index in [9.17, 15) is 8.99 Å². The van der Waals surface area contributed by atoms with Crippen molar-refractivity contribution < 1.29 is 13.7 Å². The fourth-order valence-corrected chi connectivity index (χ4v) is 1.43. The summed E-state index contributed by atoms with van der Waals surface area (Å²) < 4.78 is 17.1. The van der Waals surface area contributed by atoms with Crippen molar-refractivity contribution in [2.45, 2.75) is 19.1 Å². The summed E-state index contributed by atoms with van der Waals surface area (Å²) in [4.78, 5) is 0. The second-order valence-corrected chi connectivity index (χ2v) is 4.16. The molecule has 3 nitrogen and oxygen atoms in total. The molecule has 0 spiro atoms. The van der Waals surface area contributed by atoms with Gasteiger partial charge in [-0.3, -0.25) is 0 Å². The van der Waals surface area contributed by atoms with Crippen molar-refractivity contribution in [1.29, 1.82) is 0 Å². The highest BCUT2D eigenvalue weighted by Crippen LogP contribution is 2.21. The maximum Gasteiger partial charge on any atom is 0.119 e. The molecular formula is C11H16FNO2S. The van der Waals surface area contributed by atoms with Crippen LogP contribution in [0.25, 0.3) is 0 Å². The number of nitrogens with two attached hydrogens (primary N) is 1. The molecule has 0 bridgehead atoms. The Morgan fingerprint density at radius 1 is 1.56 bits per heavy atom. The van der Waals surface area contributed by atoms with E-state index in [2.05, 4.69) is 0 Å². The van der Waals surface area contributed by atoms with Crippen molar-refractivity contribution >= 4 is 12.1 Å². The van der Waals surface area contributed by atoms with Gasteiger partial charge < -0.3 is 15.6 Å². The molecule has 5 heteroatoms. The van der Waals surface area contributed by atoms with Crippen LogP contribution < -0.4 is 10.5 Å². The van der Waals surface area contributed by atoms with Crippen LogP contribution in [0.4, 0.5) is 3.89 Å². The van der Waals surface area contributed by atoms with Gasteiger partial charge in [0.25, 0.3) is 0 Å². The third-order valence-corrected chi connectivity index (χ3v) is 2.45. The molecule has 0 saturated heterocycles. The normalized spacial score (nSPS) is 14.5. The Morgan fingerprint density at radius 2 is 2.31 bits per heavy atom. The largest absolute Gasteiger partial charge is 0.493 e. The van der Waals surface area contributed by atoms with Crippen molar-refractivity contribution in [3.05, 3.63) is 29.8 Å². The van der Waals surface area contributed by atoms with Crippen LogP contribution in [0.5, 0.6) is 5.75 Å². The number of ether oxygens (including phenoxy) is 1. The molecule has 16 heavy (non-hydrogen) atoms. The van der Waals surface area contributed by atoms with Gasteiger partial charge in [0.05, 0.1) is 18.5 Å². The number of aliphatic hydroxyl groups excluding tert-OH is 1. The molecule has 2 atom stereocenters. The third-order valence-electron chi connectivity index (χ3n) is 2.13. The topological polar surface area (TPSA) is 55.5 Å². The van der Waals surface area contributed by atoms with Gasteiger partial charge in [-0.25, -0.2) is 0 Å². The van der Waals surface area contributed by atoms with Crippen molar-refractivity contribution in [3.8, 4) is 5.75 Å². The van der Waals surface area contributed by atoms with E-state index in [1.54, 1.807) is 31.2 Å². The van der Waals surface area contributed by atoms with Crippen molar-refractivity contribution in [1.82, 2.24) is 0 Å². The first kappa shape index (κ1) is 13.3. The number of aliphatic hydroxyl groups is 1. The summed E-state index contributed by atoms with van der Waals surface area (Å²) in [6.07, 6.45) is -0.709. The van der Waals surface area contributed by atoms with Crippen LogP contribution in [0, 0.1) is 0 Å². The Labute approximate surface area is 99.1 Å². The molecule has 0 saturated carbocycles. The van der Waals surface area contributed by atoms with Crippen molar-refractivity contribution in [2.24, 2.45) is 5.73 Å². The van der Waals surface area contributed by atoms with E-state index < -0.39 is 6.10 Å². The molecule has 0 fully saturated rings. The van der Waals surface area contributed by atoms with Gasteiger partial charge in [-0.2, -0.15) is 3.89 Å². The van der Waals surface area contributed by atoms with Gasteiger partial charge in [-0.05, 0) is 24.6 Å². The molecule has 1 aromatic carbocycles. The summed E-state index contributed by atoms with van der Waals surface area (Å²) in [5.74, 6) is 0.909. The standard InChI is InChI=1S/C11H16FNO2S/c1-8(13)11(14)9-3-2-4-10(7-9)15-5-6-16-12/h2-4,7-8,11,14H,5-6,13H2,1H3. The Bertz CT molecular complexity index is 323. The van der Waals surface area contributed by atoms with E-state index in [1.807, 2.05) is 0 Å². The monoisotopic (exact) mass is 245 g/mol.